The number of benzene rings is 2. The van der Waals surface area contributed by atoms with Crippen LogP contribution in [-0.4, -0.2) is 18.2 Å². The number of phenols is 1. The van der Waals surface area contributed by atoms with Crippen LogP contribution < -0.4 is 0 Å². The Bertz CT molecular complexity index is 591. The highest BCUT2D eigenvalue weighted by Crippen LogP contribution is 2.27. The average Bonchev–Trinajstić information content (AvgIpc) is 2.49. The van der Waals surface area contributed by atoms with Gasteiger partial charge in [-0.05, 0) is 18.6 Å². The molecule has 0 bridgehead atoms. The number of hydrogen-bond donors (Lipinski definition) is 1. The molecular weight excluding hydrogens is 268 g/mol. The topological polar surface area (TPSA) is 55.8 Å². The van der Waals surface area contributed by atoms with Crippen LogP contribution in [0.15, 0.2) is 66.7 Å². The third kappa shape index (κ3) is 5.50. The van der Waals surface area contributed by atoms with E-state index in [0.717, 1.165) is 11.1 Å². The first kappa shape index (κ1) is 16.5. The lowest BCUT2D eigenvalue weighted by Gasteiger charge is -2.02. The molecule has 0 saturated heterocycles. The third-order valence-corrected chi connectivity index (χ3v) is 2.50. The van der Waals surface area contributed by atoms with Gasteiger partial charge in [-0.1, -0.05) is 55.1 Å². The molecule has 2 aromatic carbocycles. The molecule has 0 radical (unpaired) electrons. The Morgan fingerprint density at radius 3 is 2.10 bits per heavy atom. The summed E-state index contributed by atoms with van der Waals surface area (Å²) in [5, 5.41) is 9.56. The molecule has 4 nitrogen and oxygen atoms in total. The Kier molecular flexibility index (Phi) is 6.71. The summed E-state index contributed by atoms with van der Waals surface area (Å²) in [5.41, 5.74) is 2.25. The van der Waals surface area contributed by atoms with E-state index in [9.17, 15) is 9.90 Å². The first-order chi connectivity index (χ1) is 10.1. The fraction of sp³-hybridized carbons (Fsp3) is 0.118. The fourth-order valence-corrected chi connectivity index (χ4v) is 1.48. The molecule has 2 rings (SSSR count). The van der Waals surface area contributed by atoms with E-state index in [2.05, 4.69) is 16.4 Å². The smallest absolute Gasteiger partial charge is 0.368 e. The Labute approximate surface area is 124 Å². The van der Waals surface area contributed by atoms with E-state index in [-0.39, 0.29) is 0 Å². The molecule has 0 atom stereocenters. The van der Waals surface area contributed by atoms with Crippen LogP contribution in [0.1, 0.15) is 6.92 Å². The maximum absolute atomic E-state index is 10.3. The predicted octanol–water partition coefficient (Wildman–Crippen LogP) is 3.73. The molecule has 1 N–H and O–H groups in total. The Hall–Kier alpha value is -2.59. The number of carbonyl (C=O) groups excluding carboxylic acids is 1. The zero-order valence-corrected chi connectivity index (χ0v) is 12.1. The number of para-hydroxylation sites is 1. The van der Waals surface area contributed by atoms with Gasteiger partial charge in [-0.3, -0.25) is 4.89 Å². The SMILES string of the molecule is C=C(C)C(=O)OOC.Oc1ccccc1-c1ccccc1. The minimum atomic E-state index is -0.535. The molecule has 0 spiro atoms. The lowest BCUT2D eigenvalue weighted by atomic mass is 10.1. The van der Waals surface area contributed by atoms with Crippen LogP contribution in [0.25, 0.3) is 11.1 Å². The lowest BCUT2D eigenvalue weighted by molar-refractivity contribution is -0.250. The molecule has 0 aliphatic heterocycles. The van der Waals surface area contributed by atoms with Crippen molar-refractivity contribution in [3.63, 3.8) is 0 Å². The zero-order valence-electron chi connectivity index (χ0n) is 12.1. The summed E-state index contributed by atoms with van der Waals surface area (Å²) in [6, 6.07) is 17.2. The monoisotopic (exact) mass is 286 g/mol. The van der Waals surface area contributed by atoms with Crippen molar-refractivity contribution in [1.82, 2.24) is 0 Å². The summed E-state index contributed by atoms with van der Waals surface area (Å²) in [4.78, 5) is 18.4. The van der Waals surface area contributed by atoms with Crippen LogP contribution in [-0.2, 0) is 14.6 Å². The predicted molar refractivity (Wildman–Crippen MR) is 81.5 cm³/mol. The molecule has 2 aromatic rings. The van der Waals surface area contributed by atoms with E-state index in [1.807, 2.05) is 48.5 Å². The van der Waals surface area contributed by atoms with Crippen molar-refractivity contribution in [1.29, 1.82) is 0 Å². The van der Waals surface area contributed by atoms with Gasteiger partial charge in [-0.2, -0.15) is 4.89 Å². The van der Waals surface area contributed by atoms with Gasteiger partial charge in [0.2, 0.25) is 0 Å². The standard InChI is InChI=1S/C12H10O.C5H8O3/c13-12-9-5-4-8-11(12)10-6-2-1-3-7-10;1-4(2)5(6)8-7-3/h1-9,13H;1H2,2-3H3. The van der Waals surface area contributed by atoms with Gasteiger partial charge in [0.25, 0.3) is 0 Å². The van der Waals surface area contributed by atoms with Gasteiger partial charge in [-0.15, -0.1) is 0 Å². The second-order valence-electron chi connectivity index (χ2n) is 4.20. The van der Waals surface area contributed by atoms with E-state index in [1.54, 1.807) is 13.0 Å². The average molecular weight is 286 g/mol. The number of phenolic OH excluding ortho intramolecular Hbond substituents is 1. The first-order valence-electron chi connectivity index (χ1n) is 6.30. The van der Waals surface area contributed by atoms with Crippen molar-refractivity contribution in [2.45, 2.75) is 6.92 Å². The third-order valence-electron chi connectivity index (χ3n) is 2.50. The van der Waals surface area contributed by atoms with Gasteiger partial charge in [0.1, 0.15) is 5.75 Å². The second-order valence-corrected chi connectivity index (χ2v) is 4.20. The highest BCUT2D eigenvalue weighted by molar-refractivity contribution is 5.86. The fourth-order valence-electron chi connectivity index (χ4n) is 1.48. The summed E-state index contributed by atoms with van der Waals surface area (Å²) < 4.78 is 0. The van der Waals surface area contributed by atoms with Crippen molar-refractivity contribution in [2.75, 3.05) is 7.11 Å². The zero-order chi connectivity index (χ0) is 15.7. The Morgan fingerprint density at radius 2 is 1.62 bits per heavy atom. The molecule has 0 heterocycles. The van der Waals surface area contributed by atoms with Gasteiger partial charge in [0.05, 0.1) is 7.11 Å². The van der Waals surface area contributed by atoms with Crippen LogP contribution >= 0.6 is 0 Å². The molecule has 0 aliphatic rings. The molecule has 0 aromatic heterocycles. The minimum absolute atomic E-state index is 0.326. The normalized spacial score (nSPS) is 9.24. The Morgan fingerprint density at radius 1 is 1.05 bits per heavy atom. The lowest BCUT2D eigenvalue weighted by Crippen LogP contribution is -2.02. The highest BCUT2D eigenvalue weighted by Gasteiger charge is 2.01. The van der Waals surface area contributed by atoms with Gasteiger partial charge in [-0.25, -0.2) is 4.79 Å². The second kappa shape index (κ2) is 8.55. The van der Waals surface area contributed by atoms with E-state index < -0.39 is 5.97 Å². The van der Waals surface area contributed by atoms with E-state index in [1.165, 1.54) is 7.11 Å². The van der Waals surface area contributed by atoms with E-state index >= 15 is 0 Å². The number of hydrogen-bond acceptors (Lipinski definition) is 4. The quantitative estimate of drug-likeness (QED) is 0.530. The van der Waals surface area contributed by atoms with E-state index in [0.29, 0.717) is 11.3 Å². The number of carbonyl (C=O) groups is 1. The summed E-state index contributed by atoms with van der Waals surface area (Å²) in [7, 11) is 1.26. The molecule has 110 valence electrons. The molecule has 0 amide bonds. The van der Waals surface area contributed by atoms with Crippen LogP contribution in [0.2, 0.25) is 0 Å². The molecule has 0 saturated carbocycles. The molecule has 0 fully saturated rings. The maximum Gasteiger partial charge on any atom is 0.368 e. The molecular formula is C17H18O4. The molecule has 0 aliphatic carbocycles. The van der Waals surface area contributed by atoms with Crippen LogP contribution in [0.3, 0.4) is 0 Å². The Balaban J connectivity index is 0.000000240. The summed E-state index contributed by atoms with van der Waals surface area (Å²) in [6.07, 6.45) is 0. The van der Waals surface area contributed by atoms with Gasteiger partial charge < -0.3 is 5.11 Å². The van der Waals surface area contributed by atoms with E-state index in [4.69, 9.17) is 0 Å². The molecule has 21 heavy (non-hydrogen) atoms. The van der Waals surface area contributed by atoms with Crippen LogP contribution in [0.5, 0.6) is 5.75 Å². The first-order valence-corrected chi connectivity index (χ1v) is 6.30. The van der Waals surface area contributed by atoms with Crippen molar-refractivity contribution in [3.8, 4) is 16.9 Å². The molecule has 0 unspecified atom stereocenters. The van der Waals surface area contributed by atoms with Crippen LogP contribution in [0.4, 0.5) is 0 Å². The minimum Gasteiger partial charge on any atom is -0.507 e. The van der Waals surface area contributed by atoms with Gasteiger partial charge in [0.15, 0.2) is 0 Å². The highest BCUT2D eigenvalue weighted by atomic mass is 17.2. The number of rotatable bonds is 3. The largest absolute Gasteiger partial charge is 0.507 e. The van der Waals surface area contributed by atoms with Crippen molar-refractivity contribution < 1.29 is 19.7 Å². The maximum atomic E-state index is 10.3. The van der Waals surface area contributed by atoms with Gasteiger partial charge in [0, 0.05) is 11.1 Å². The number of aromatic hydroxyl groups is 1. The summed E-state index contributed by atoms with van der Waals surface area (Å²) in [6.45, 7) is 4.86. The summed E-state index contributed by atoms with van der Waals surface area (Å²) in [5.74, 6) is -0.207. The summed E-state index contributed by atoms with van der Waals surface area (Å²) >= 11 is 0. The van der Waals surface area contributed by atoms with Gasteiger partial charge >= 0.3 is 5.97 Å². The van der Waals surface area contributed by atoms with Crippen LogP contribution in [0, 0.1) is 0 Å². The van der Waals surface area contributed by atoms with Crippen molar-refractivity contribution in [2.24, 2.45) is 0 Å². The van der Waals surface area contributed by atoms with Crippen molar-refractivity contribution in [3.05, 3.63) is 66.7 Å². The van der Waals surface area contributed by atoms with Crippen molar-refractivity contribution >= 4 is 5.97 Å². The molecule has 4 heteroatoms.